The van der Waals surface area contributed by atoms with Crippen molar-refractivity contribution in [3.8, 4) is 11.5 Å². The molecule has 0 aliphatic carbocycles. The van der Waals surface area contributed by atoms with Crippen molar-refractivity contribution in [2.45, 2.75) is 13.8 Å². The molecule has 0 bridgehead atoms. The van der Waals surface area contributed by atoms with Gasteiger partial charge in [-0.1, -0.05) is 23.7 Å². The Balaban J connectivity index is 1.59. The first-order chi connectivity index (χ1) is 17.6. The summed E-state index contributed by atoms with van der Waals surface area (Å²) in [4.78, 5) is 36.4. The number of nitrogens with zero attached hydrogens (tertiary/aromatic N) is 1. The van der Waals surface area contributed by atoms with Crippen LogP contribution in [0, 0.1) is 13.8 Å². The Morgan fingerprint density at radius 2 is 1.70 bits per heavy atom. The number of hydrazone groups is 1. The Morgan fingerprint density at radius 1 is 0.973 bits per heavy atom. The molecule has 37 heavy (non-hydrogen) atoms. The number of carbonyl (C=O) groups is 3. The zero-order valence-electron chi connectivity index (χ0n) is 20.2. The van der Waals surface area contributed by atoms with Gasteiger partial charge in [0.25, 0.3) is 5.91 Å². The van der Waals surface area contributed by atoms with Gasteiger partial charge in [-0.2, -0.15) is 5.10 Å². The minimum Gasteiger partial charge on any atom is -0.493 e. The van der Waals surface area contributed by atoms with Crippen molar-refractivity contribution in [3.05, 3.63) is 80.8 Å². The zero-order chi connectivity index (χ0) is 26.9. The largest absolute Gasteiger partial charge is 0.493 e. The number of nitrogens with one attached hydrogen (secondary N) is 3. The number of ether oxygens (including phenoxy) is 2. The summed E-state index contributed by atoms with van der Waals surface area (Å²) in [5.41, 5.74) is 5.83. The standard InChI is InChI=1S/C26H24BrClN4O5/c1-15-7-16(2)9-20(8-15)30-23(33)14-37-24-21(27)10-17(11-22(24)36-3)13-29-32-26(35)25(34)31-19-6-4-5-18(28)12-19/h4-13H,14H2,1-3H3,(H,30,33)(H,31,34)(H,32,35)/b29-13-. The lowest BCUT2D eigenvalue weighted by Gasteiger charge is -2.14. The van der Waals surface area contributed by atoms with Gasteiger partial charge in [0.2, 0.25) is 0 Å². The molecule has 0 saturated carbocycles. The van der Waals surface area contributed by atoms with E-state index >= 15 is 0 Å². The van der Waals surface area contributed by atoms with Crippen LogP contribution in [0.25, 0.3) is 0 Å². The first-order valence-electron chi connectivity index (χ1n) is 10.9. The second kappa shape index (κ2) is 12.9. The van der Waals surface area contributed by atoms with Gasteiger partial charge >= 0.3 is 11.8 Å². The molecule has 3 aromatic rings. The van der Waals surface area contributed by atoms with Crippen molar-refractivity contribution in [1.82, 2.24) is 5.43 Å². The van der Waals surface area contributed by atoms with Gasteiger partial charge in [0.15, 0.2) is 18.1 Å². The van der Waals surface area contributed by atoms with Crippen LogP contribution < -0.4 is 25.5 Å². The molecule has 0 fully saturated rings. The SMILES string of the molecule is COc1cc(/C=N\NC(=O)C(=O)Nc2cccc(Cl)c2)cc(Br)c1OCC(=O)Nc1cc(C)cc(C)c1. The molecule has 0 radical (unpaired) electrons. The molecule has 0 unspecified atom stereocenters. The molecule has 0 heterocycles. The van der Waals surface area contributed by atoms with Crippen molar-refractivity contribution in [2.75, 3.05) is 24.4 Å². The predicted octanol–water partition coefficient (Wildman–Crippen LogP) is 4.83. The third-order valence-corrected chi connectivity index (χ3v) is 5.60. The summed E-state index contributed by atoms with van der Waals surface area (Å²) in [5.74, 6) is -1.54. The average Bonchev–Trinajstić information content (AvgIpc) is 2.82. The topological polar surface area (TPSA) is 118 Å². The monoisotopic (exact) mass is 586 g/mol. The van der Waals surface area contributed by atoms with E-state index in [0.29, 0.717) is 37.9 Å². The summed E-state index contributed by atoms with van der Waals surface area (Å²) in [7, 11) is 1.45. The number of hydrogen-bond acceptors (Lipinski definition) is 6. The highest BCUT2D eigenvalue weighted by Crippen LogP contribution is 2.36. The molecular formula is C26H24BrClN4O5. The van der Waals surface area contributed by atoms with E-state index in [2.05, 4.69) is 37.1 Å². The lowest BCUT2D eigenvalue weighted by molar-refractivity contribution is -0.136. The first-order valence-corrected chi connectivity index (χ1v) is 12.1. The van der Waals surface area contributed by atoms with Gasteiger partial charge in [-0.3, -0.25) is 14.4 Å². The van der Waals surface area contributed by atoms with Crippen LogP contribution in [-0.2, 0) is 14.4 Å². The lowest BCUT2D eigenvalue weighted by atomic mass is 10.1. The molecule has 0 atom stereocenters. The minimum atomic E-state index is -0.961. The van der Waals surface area contributed by atoms with Crippen molar-refractivity contribution < 1.29 is 23.9 Å². The molecule has 192 valence electrons. The summed E-state index contributed by atoms with van der Waals surface area (Å²) in [6.45, 7) is 3.66. The fraction of sp³-hybridized carbons (Fsp3) is 0.154. The van der Waals surface area contributed by atoms with E-state index in [9.17, 15) is 14.4 Å². The fourth-order valence-electron chi connectivity index (χ4n) is 3.31. The summed E-state index contributed by atoms with van der Waals surface area (Å²) < 4.78 is 11.6. The maximum absolute atomic E-state index is 12.4. The predicted molar refractivity (Wildman–Crippen MR) is 147 cm³/mol. The van der Waals surface area contributed by atoms with Gasteiger partial charge in [0.05, 0.1) is 17.8 Å². The van der Waals surface area contributed by atoms with Gasteiger partial charge in [0, 0.05) is 16.4 Å². The highest BCUT2D eigenvalue weighted by Gasteiger charge is 2.15. The average molecular weight is 588 g/mol. The molecule has 3 aromatic carbocycles. The number of halogens is 2. The third-order valence-electron chi connectivity index (χ3n) is 4.77. The molecule has 0 aliphatic rings. The second-order valence-electron chi connectivity index (χ2n) is 7.91. The Labute approximate surface area is 227 Å². The minimum absolute atomic E-state index is 0.243. The van der Waals surface area contributed by atoms with Crippen LogP contribution in [-0.4, -0.2) is 37.7 Å². The first kappa shape index (κ1) is 27.7. The fourth-order valence-corrected chi connectivity index (χ4v) is 4.07. The van der Waals surface area contributed by atoms with Crippen LogP contribution in [0.1, 0.15) is 16.7 Å². The van der Waals surface area contributed by atoms with E-state index in [1.807, 2.05) is 32.0 Å². The lowest BCUT2D eigenvalue weighted by Crippen LogP contribution is -2.32. The zero-order valence-corrected chi connectivity index (χ0v) is 22.6. The van der Waals surface area contributed by atoms with Crippen LogP contribution in [0.4, 0.5) is 11.4 Å². The molecule has 0 aromatic heterocycles. The van der Waals surface area contributed by atoms with Crippen molar-refractivity contribution >= 4 is 62.8 Å². The van der Waals surface area contributed by atoms with Gasteiger partial charge in [-0.15, -0.1) is 0 Å². The number of methoxy groups -OCH3 is 1. The number of benzene rings is 3. The summed E-state index contributed by atoms with van der Waals surface area (Å²) >= 11 is 9.27. The highest BCUT2D eigenvalue weighted by atomic mass is 79.9. The molecule has 0 aliphatic heterocycles. The maximum atomic E-state index is 12.4. The smallest absolute Gasteiger partial charge is 0.329 e. The van der Waals surface area contributed by atoms with Crippen LogP contribution in [0.5, 0.6) is 11.5 Å². The van der Waals surface area contributed by atoms with Crippen LogP contribution in [0.15, 0.2) is 64.2 Å². The van der Waals surface area contributed by atoms with E-state index in [1.54, 1.807) is 30.3 Å². The normalized spacial score (nSPS) is 10.6. The summed E-state index contributed by atoms with van der Waals surface area (Å²) in [5, 5.41) is 9.46. The Hall–Kier alpha value is -3.89. The second-order valence-corrected chi connectivity index (χ2v) is 9.20. The number of rotatable bonds is 8. The molecule has 11 heteroatoms. The van der Waals surface area contributed by atoms with E-state index in [1.165, 1.54) is 19.4 Å². The highest BCUT2D eigenvalue weighted by molar-refractivity contribution is 9.10. The number of amides is 3. The molecule has 0 saturated heterocycles. The molecule has 0 spiro atoms. The third kappa shape index (κ3) is 8.33. The quantitative estimate of drug-likeness (QED) is 0.198. The van der Waals surface area contributed by atoms with Crippen LogP contribution in [0.3, 0.4) is 0 Å². The Morgan fingerprint density at radius 3 is 2.38 bits per heavy atom. The van der Waals surface area contributed by atoms with E-state index < -0.39 is 11.8 Å². The van der Waals surface area contributed by atoms with E-state index in [-0.39, 0.29) is 12.5 Å². The van der Waals surface area contributed by atoms with Gasteiger partial charge in [-0.25, -0.2) is 5.43 Å². The summed E-state index contributed by atoms with van der Waals surface area (Å²) in [6.07, 6.45) is 1.33. The molecule has 9 nitrogen and oxygen atoms in total. The van der Waals surface area contributed by atoms with Gasteiger partial charge < -0.3 is 20.1 Å². The van der Waals surface area contributed by atoms with E-state index in [4.69, 9.17) is 21.1 Å². The number of aryl methyl sites for hydroxylation is 2. The van der Waals surface area contributed by atoms with Crippen molar-refractivity contribution in [2.24, 2.45) is 5.10 Å². The maximum Gasteiger partial charge on any atom is 0.329 e. The van der Waals surface area contributed by atoms with Crippen LogP contribution in [0.2, 0.25) is 5.02 Å². The molecular weight excluding hydrogens is 564 g/mol. The van der Waals surface area contributed by atoms with E-state index in [0.717, 1.165) is 11.1 Å². The Bertz CT molecular complexity index is 1340. The Kier molecular flexibility index (Phi) is 9.64. The van der Waals surface area contributed by atoms with Crippen LogP contribution >= 0.6 is 27.5 Å². The molecule has 3 rings (SSSR count). The molecule has 3 N–H and O–H groups in total. The number of hydrogen-bond donors (Lipinski definition) is 3. The number of carbonyl (C=O) groups excluding carboxylic acids is 3. The van der Waals surface area contributed by atoms with Gasteiger partial charge in [0.1, 0.15) is 0 Å². The van der Waals surface area contributed by atoms with Gasteiger partial charge in [-0.05, 0) is 88.9 Å². The number of anilines is 2. The molecule has 3 amide bonds. The van der Waals surface area contributed by atoms with Crippen molar-refractivity contribution in [3.63, 3.8) is 0 Å². The summed E-state index contributed by atoms with van der Waals surface area (Å²) in [6, 6.07) is 15.4. The van der Waals surface area contributed by atoms with Crippen molar-refractivity contribution in [1.29, 1.82) is 0 Å².